The van der Waals surface area contributed by atoms with Gasteiger partial charge < -0.3 is 9.80 Å². The summed E-state index contributed by atoms with van der Waals surface area (Å²) < 4.78 is 0. The second kappa shape index (κ2) is 8.50. The fraction of sp³-hybridized carbons (Fsp3) is 1.00. The average molecular weight is 296 g/mol. The molecule has 0 aromatic carbocycles. The predicted octanol–water partition coefficient (Wildman–Crippen LogP) is 2.91. The molecule has 1 unspecified atom stereocenters. The quantitative estimate of drug-likeness (QED) is 0.746. The van der Waals surface area contributed by atoms with E-state index in [2.05, 4.69) is 42.4 Å². The number of hydrogen-bond donors (Lipinski definition) is 0. The molecule has 21 heavy (non-hydrogen) atoms. The number of piperidine rings is 1. The van der Waals surface area contributed by atoms with Gasteiger partial charge in [0.2, 0.25) is 0 Å². The molecule has 0 bridgehead atoms. The van der Waals surface area contributed by atoms with Gasteiger partial charge in [0.05, 0.1) is 0 Å². The van der Waals surface area contributed by atoms with Crippen LogP contribution in [0.5, 0.6) is 0 Å². The average Bonchev–Trinajstić information content (AvgIpc) is 2.53. The second-order valence-corrected chi connectivity index (χ2v) is 7.48. The van der Waals surface area contributed by atoms with Crippen LogP contribution in [0.1, 0.15) is 53.4 Å². The molecule has 0 saturated carbocycles. The molecule has 0 aromatic heterocycles. The van der Waals surface area contributed by atoms with Crippen LogP contribution in [-0.4, -0.2) is 72.6 Å². The van der Waals surface area contributed by atoms with E-state index in [4.69, 9.17) is 0 Å². The third-order valence-corrected chi connectivity index (χ3v) is 5.79. The topological polar surface area (TPSA) is 9.72 Å². The van der Waals surface area contributed by atoms with Crippen molar-refractivity contribution in [1.29, 1.82) is 0 Å². The molecule has 124 valence electrons. The minimum Gasteiger partial charge on any atom is -0.301 e. The van der Waals surface area contributed by atoms with E-state index >= 15 is 0 Å². The van der Waals surface area contributed by atoms with Crippen LogP contribution < -0.4 is 0 Å². The Morgan fingerprint density at radius 2 is 1.52 bits per heavy atom. The van der Waals surface area contributed by atoms with Crippen molar-refractivity contribution in [3.63, 3.8) is 0 Å². The van der Waals surface area contributed by atoms with Gasteiger partial charge in [-0.15, -0.1) is 0 Å². The van der Waals surface area contributed by atoms with Gasteiger partial charge in [0, 0.05) is 38.3 Å². The highest BCUT2D eigenvalue weighted by Gasteiger charge is 2.29. The van der Waals surface area contributed by atoms with E-state index < -0.39 is 0 Å². The number of piperazine rings is 1. The monoisotopic (exact) mass is 295 g/mol. The second-order valence-electron chi connectivity index (χ2n) is 7.48. The fourth-order valence-corrected chi connectivity index (χ4v) is 3.81. The molecule has 0 aromatic rings. The number of likely N-dealkylation sites (tertiary alicyclic amines) is 1. The van der Waals surface area contributed by atoms with Crippen LogP contribution in [0.4, 0.5) is 0 Å². The molecular formula is C18H37N3. The van der Waals surface area contributed by atoms with E-state index in [1.807, 2.05) is 0 Å². The molecule has 0 spiro atoms. The Morgan fingerprint density at radius 1 is 0.905 bits per heavy atom. The largest absolute Gasteiger partial charge is 0.301 e. The minimum absolute atomic E-state index is 0.747. The van der Waals surface area contributed by atoms with Gasteiger partial charge in [0.15, 0.2) is 0 Å². The molecule has 2 saturated heterocycles. The van der Waals surface area contributed by atoms with Gasteiger partial charge in [-0.1, -0.05) is 27.2 Å². The highest BCUT2D eigenvalue weighted by molar-refractivity contribution is 4.85. The minimum atomic E-state index is 0.747. The molecule has 2 fully saturated rings. The van der Waals surface area contributed by atoms with Crippen molar-refractivity contribution in [2.75, 3.05) is 45.8 Å². The van der Waals surface area contributed by atoms with E-state index in [1.165, 1.54) is 71.5 Å². The van der Waals surface area contributed by atoms with Crippen molar-refractivity contribution in [3.8, 4) is 0 Å². The molecule has 0 aliphatic carbocycles. The number of nitrogens with zero attached hydrogens (tertiary/aromatic N) is 3. The van der Waals surface area contributed by atoms with Crippen molar-refractivity contribution >= 4 is 0 Å². The lowest BCUT2D eigenvalue weighted by molar-refractivity contribution is 0.0430. The third-order valence-electron chi connectivity index (χ3n) is 5.79. The van der Waals surface area contributed by atoms with Gasteiger partial charge in [-0.05, 0) is 51.7 Å². The van der Waals surface area contributed by atoms with Gasteiger partial charge in [-0.3, -0.25) is 4.90 Å². The van der Waals surface area contributed by atoms with Crippen molar-refractivity contribution in [3.05, 3.63) is 0 Å². The van der Waals surface area contributed by atoms with E-state index in [9.17, 15) is 0 Å². The Balaban J connectivity index is 1.69. The number of rotatable bonds is 6. The van der Waals surface area contributed by atoms with Crippen molar-refractivity contribution < 1.29 is 0 Å². The van der Waals surface area contributed by atoms with Gasteiger partial charge in [-0.25, -0.2) is 0 Å². The van der Waals surface area contributed by atoms with Crippen LogP contribution in [-0.2, 0) is 0 Å². The van der Waals surface area contributed by atoms with Gasteiger partial charge in [0.1, 0.15) is 0 Å². The first-order valence-electron chi connectivity index (χ1n) is 9.32. The first kappa shape index (κ1) is 17.2. The van der Waals surface area contributed by atoms with Crippen LogP contribution in [0.3, 0.4) is 0 Å². The molecule has 2 rings (SSSR count). The molecule has 0 amide bonds. The van der Waals surface area contributed by atoms with Crippen LogP contribution in [0.25, 0.3) is 0 Å². The van der Waals surface area contributed by atoms with Gasteiger partial charge >= 0.3 is 0 Å². The summed E-state index contributed by atoms with van der Waals surface area (Å²) in [6.07, 6.45) is 5.45. The molecule has 3 nitrogen and oxygen atoms in total. The molecule has 0 N–H and O–H groups in total. The smallest absolute Gasteiger partial charge is 0.0121 e. The normalized spacial score (nSPS) is 25.6. The maximum atomic E-state index is 2.78. The summed E-state index contributed by atoms with van der Waals surface area (Å²) in [4.78, 5) is 8.15. The zero-order chi connectivity index (χ0) is 15.2. The summed E-state index contributed by atoms with van der Waals surface area (Å²) >= 11 is 0. The number of unbranched alkanes of at least 4 members (excludes halogenated alkanes) is 1. The summed E-state index contributed by atoms with van der Waals surface area (Å²) in [5.41, 5.74) is 0. The van der Waals surface area contributed by atoms with Crippen LogP contribution in [0.2, 0.25) is 0 Å². The first-order chi connectivity index (χ1) is 10.1. The zero-order valence-corrected chi connectivity index (χ0v) is 14.9. The molecule has 2 heterocycles. The SMILES string of the molecule is CCCCN1CCN(C2CCN(C(C)C(C)C)CC2)CC1. The van der Waals surface area contributed by atoms with E-state index in [1.54, 1.807) is 0 Å². The molecule has 0 radical (unpaired) electrons. The highest BCUT2D eigenvalue weighted by Crippen LogP contribution is 2.22. The number of hydrogen-bond acceptors (Lipinski definition) is 3. The molecular weight excluding hydrogens is 258 g/mol. The predicted molar refractivity (Wildman–Crippen MR) is 91.8 cm³/mol. The Hall–Kier alpha value is -0.120. The van der Waals surface area contributed by atoms with Gasteiger partial charge in [0.25, 0.3) is 0 Å². The lowest BCUT2D eigenvalue weighted by atomic mass is 9.97. The molecule has 1 atom stereocenters. The fourth-order valence-electron chi connectivity index (χ4n) is 3.81. The van der Waals surface area contributed by atoms with Gasteiger partial charge in [-0.2, -0.15) is 0 Å². The summed E-state index contributed by atoms with van der Waals surface area (Å²) in [5, 5.41) is 0. The van der Waals surface area contributed by atoms with Crippen LogP contribution in [0.15, 0.2) is 0 Å². The van der Waals surface area contributed by atoms with E-state index in [0.29, 0.717) is 0 Å². The summed E-state index contributed by atoms with van der Waals surface area (Å²) in [7, 11) is 0. The molecule has 2 aliphatic heterocycles. The summed E-state index contributed by atoms with van der Waals surface area (Å²) in [6, 6.07) is 1.60. The third kappa shape index (κ3) is 4.94. The lowest BCUT2D eigenvalue weighted by Gasteiger charge is -2.44. The van der Waals surface area contributed by atoms with Crippen LogP contribution >= 0.6 is 0 Å². The van der Waals surface area contributed by atoms with E-state index in [0.717, 1.165) is 18.0 Å². The Morgan fingerprint density at radius 3 is 2.05 bits per heavy atom. The summed E-state index contributed by atoms with van der Waals surface area (Å²) in [5.74, 6) is 0.781. The molecule has 3 heteroatoms. The van der Waals surface area contributed by atoms with Crippen molar-refractivity contribution in [2.45, 2.75) is 65.5 Å². The van der Waals surface area contributed by atoms with Crippen LogP contribution in [0, 0.1) is 5.92 Å². The summed E-state index contributed by atoms with van der Waals surface area (Å²) in [6.45, 7) is 18.5. The van der Waals surface area contributed by atoms with Crippen molar-refractivity contribution in [1.82, 2.24) is 14.7 Å². The first-order valence-corrected chi connectivity index (χ1v) is 9.32. The Kier molecular flexibility index (Phi) is 6.97. The van der Waals surface area contributed by atoms with Crippen molar-refractivity contribution in [2.24, 2.45) is 5.92 Å². The molecule has 2 aliphatic rings. The Labute approximate surface area is 132 Å². The zero-order valence-electron chi connectivity index (χ0n) is 14.9. The van der Waals surface area contributed by atoms with E-state index in [-0.39, 0.29) is 0 Å². The Bertz CT molecular complexity index is 276. The highest BCUT2D eigenvalue weighted by atomic mass is 15.3. The standard InChI is InChI=1S/C18H37N3/c1-5-6-9-19-12-14-21(15-13-19)18-7-10-20(11-8-18)17(4)16(2)3/h16-18H,5-15H2,1-4H3. The maximum absolute atomic E-state index is 2.78. The lowest BCUT2D eigenvalue weighted by Crippen LogP contribution is -2.54. The maximum Gasteiger partial charge on any atom is 0.0121 e.